The number of hydrogen-bond donors (Lipinski definition) is 2. The van der Waals surface area contributed by atoms with Crippen LogP contribution in [0.3, 0.4) is 0 Å². The summed E-state index contributed by atoms with van der Waals surface area (Å²) >= 11 is 1.58. The molecule has 1 heterocycles. The van der Waals surface area contributed by atoms with Crippen molar-refractivity contribution in [2.24, 2.45) is 0 Å². The van der Waals surface area contributed by atoms with Crippen LogP contribution in [0.25, 0.3) is 10.4 Å². The van der Waals surface area contributed by atoms with Crippen LogP contribution in [0, 0.1) is 0 Å². The minimum atomic E-state index is -0.535. The van der Waals surface area contributed by atoms with Crippen molar-refractivity contribution in [1.82, 2.24) is 4.98 Å². The fourth-order valence-electron chi connectivity index (χ4n) is 3.12. The number of aromatic nitrogens is 1. The lowest BCUT2D eigenvalue weighted by atomic mass is 10.00. The first-order valence-corrected chi connectivity index (χ1v) is 8.93. The minimum absolute atomic E-state index is 0.0708. The van der Waals surface area contributed by atoms with E-state index in [1.165, 1.54) is 32.6 Å². The predicted molar refractivity (Wildman–Crippen MR) is 93.7 cm³/mol. The van der Waals surface area contributed by atoms with E-state index in [2.05, 4.69) is 5.32 Å². The van der Waals surface area contributed by atoms with Crippen LogP contribution >= 0.6 is 11.3 Å². The van der Waals surface area contributed by atoms with Gasteiger partial charge in [0.25, 0.3) is 0 Å². The number of aliphatic hydroxyl groups is 1. The van der Waals surface area contributed by atoms with Crippen molar-refractivity contribution >= 4 is 22.9 Å². The Balaban J connectivity index is 1.95. The van der Waals surface area contributed by atoms with Gasteiger partial charge < -0.3 is 10.4 Å². The number of hydrogen-bond acceptors (Lipinski definition) is 4. The SMILES string of the molecule is CC(=O)Nc1ccc(-c2sc([C@H](C)O)nc2C2CCCC2)cc1. The highest BCUT2D eigenvalue weighted by molar-refractivity contribution is 7.15. The second kappa shape index (κ2) is 6.81. The molecule has 1 atom stereocenters. The summed E-state index contributed by atoms with van der Waals surface area (Å²) in [5, 5.41) is 13.5. The van der Waals surface area contributed by atoms with Crippen molar-refractivity contribution in [3.8, 4) is 10.4 Å². The van der Waals surface area contributed by atoms with Gasteiger partial charge in [-0.1, -0.05) is 25.0 Å². The summed E-state index contributed by atoms with van der Waals surface area (Å²) in [6, 6.07) is 7.86. The molecule has 1 aromatic carbocycles. The Morgan fingerprint density at radius 3 is 2.52 bits per heavy atom. The summed E-state index contributed by atoms with van der Waals surface area (Å²) in [6.45, 7) is 3.27. The number of carbonyl (C=O) groups is 1. The van der Waals surface area contributed by atoms with Crippen molar-refractivity contribution in [2.45, 2.75) is 51.6 Å². The van der Waals surface area contributed by atoms with E-state index in [-0.39, 0.29) is 5.91 Å². The van der Waals surface area contributed by atoms with E-state index in [9.17, 15) is 9.90 Å². The molecule has 5 heteroatoms. The van der Waals surface area contributed by atoms with Gasteiger partial charge in [-0.2, -0.15) is 0 Å². The van der Waals surface area contributed by atoms with E-state index in [1.807, 2.05) is 24.3 Å². The molecule has 1 amide bonds. The zero-order valence-electron chi connectivity index (χ0n) is 13.5. The lowest BCUT2D eigenvalue weighted by Crippen LogP contribution is -2.05. The van der Waals surface area contributed by atoms with Crippen LogP contribution < -0.4 is 5.32 Å². The molecule has 2 aromatic rings. The van der Waals surface area contributed by atoms with Gasteiger partial charge in [0.15, 0.2) is 0 Å². The van der Waals surface area contributed by atoms with Crippen molar-refractivity contribution in [2.75, 3.05) is 5.32 Å². The smallest absolute Gasteiger partial charge is 0.221 e. The van der Waals surface area contributed by atoms with Crippen LogP contribution in [0.1, 0.15) is 62.3 Å². The van der Waals surface area contributed by atoms with E-state index in [1.54, 1.807) is 18.3 Å². The minimum Gasteiger partial charge on any atom is -0.386 e. The van der Waals surface area contributed by atoms with Crippen molar-refractivity contribution in [3.05, 3.63) is 35.0 Å². The maximum Gasteiger partial charge on any atom is 0.221 e. The van der Waals surface area contributed by atoms with E-state index in [0.717, 1.165) is 26.8 Å². The van der Waals surface area contributed by atoms with Crippen LogP contribution in [0.15, 0.2) is 24.3 Å². The number of aliphatic hydroxyl groups excluding tert-OH is 1. The van der Waals surface area contributed by atoms with Gasteiger partial charge in [-0.05, 0) is 37.5 Å². The van der Waals surface area contributed by atoms with Crippen molar-refractivity contribution in [1.29, 1.82) is 0 Å². The third-order valence-electron chi connectivity index (χ3n) is 4.24. The van der Waals surface area contributed by atoms with E-state index in [4.69, 9.17) is 4.98 Å². The highest BCUT2D eigenvalue weighted by Gasteiger charge is 2.25. The van der Waals surface area contributed by atoms with Gasteiger partial charge in [0.2, 0.25) is 5.91 Å². The Morgan fingerprint density at radius 2 is 1.96 bits per heavy atom. The second-order valence-corrected chi connectivity index (χ2v) is 7.21. The van der Waals surface area contributed by atoms with E-state index < -0.39 is 6.10 Å². The van der Waals surface area contributed by atoms with Gasteiger partial charge in [-0.3, -0.25) is 4.79 Å². The number of nitrogens with one attached hydrogen (secondary N) is 1. The lowest BCUT2D eigenvalue weighted by Gasteiger charge is -2.09. The van der Waals surface area contributed by atoms with Crippen LogP contribution in [-0.2, 0) is 4.79 Å². The van der Waals surface area contributed by atoms with Gasteiger partial charge in [0.05, 0.1) is 10.6 Å². The van der Waals surface area contributed by atoms with Crippen molar-refractivity contribution < 1.29 is 9.90 Å². The Labute approximate surface area is 140 Å². The average molecular weight is 330 g/mol. The first-order chi connectivity index (χ1) is 11.0. The lowest BCUT2D eigenvalue weighted by molar-refractivity contribution is -0.114. The summed E-state index contributed by atoms with van der Waals surface area (Å²) in [5.74, 6) is 0.433. The van der Waals surface area contributed by atoms with Crippen LogP contribution in [-0.4, -0.2) is 16.0 Å². The summed E-state index contributed by atoms with van der Waals surface area (Å²) in [6.07, 6.45) is 4.34. The number of nitrogens with zero attached hydrogens (tertiary/aromatic N) is 1. The third-order valence-corrected chi connectivity index (χ3v) is 5.53. The molecule has 1 saturated carbocycles. The molecular weight excluding hydrogens is 308 g/mol. The molecule has 0 spiro atoms. The summed E-state index contributed by atoms with van der Waals surface area (Å²) < 4.78 is 0. The molecule has 1 aliphatic carbocycles. The van der Waals surface area contributed by atoms with Crippen LogP contribution in [0.2, 0.25) is 0 Å². The molecule has 4 nitrogen and oxygen atoms in total. The fraction of sp³-hybridized carbons (Fsp3) is 0.444. The molecule has 2 N–H and O–H groups in total. The summed E-state index contributed by atoms with van der Waals surface area (Å²) in [4.78, 5) is 17.0. The molecule has 1 aliphatic rings. The molecule has 0 aliphatic heterocycles. The molecular formula is C18H22N2O2S. The topological polar surface area (TPSA) is 62.2 Å². The molecule has 122 valence electrons. The summed E-state index contributed by atoms with van der Waals surface area (Å²) in [7, 11) is 0. The maximum absolute atomic E-state index is 11.1. The van der Waals surface area contributed by atoms with Gasteiger partial charge in [-0.25, -0.2) is 4.98 Å². The molecule has 23 heavy (non-hydrogen) atoms. The first kappa shape index (κ1) is 16.1. The highest BCUT2D eigenvalue weighted by Crippen LogP contribution is 2.42. The normalized spacial score (nSPS) is 16.5. The van der Waals surface area contributed by atoms with Gasteiger partial charge in [0, 0.05) is 18.5 Å². The van der Waals surface area contributed by atoms with E-state index >= 15 is 0 Å². The first-order valence-electron chi connectivity index (χ1n) is 8.11. The summed E-state index contributed by atoms with van der Waals surface area (Å²) in [5.41, 5.74) is 3.03. The second-order valence-electron chi connectivity index (χ2n) is 6.18. The average Bonchev–Trinajstić information content (AvgIpc) is 3.16. The third kappa shape index (κ3) is 3.62. The van der Waals surface area contributed by atoms with Crippen LogP contribution in [0.4, 0.5) is 5.69 Å². The fourth-order valence-corrected chi connectivity index (χ4v) is 4.21. The largest absolute Gasteiger partial charge is 0.386 e. The number of anilines is 1. The number of benzene rings is 1. The predicted octanol–water partition coefficient (Wildman–Crippen LogP) is 4.48. The quantitative estimate of drug-likeness (QED) is 0.869. The number of thiazole rings is 1. The number of amides is 1. The Kier molecular flexibility index (Phi) is 4.78. The monoisotopic (exact) mass is 330 g/mol. The molecule has 1 fully saturated rings. The van der Waals surface area contributed by atoms with Crippen LogP contribution in [0.5, 0.6) is 0 Å². The Hall–Kier alpha value is -1.72. The molecule has 3 rings (SSSR count). The molecule has 0 unspecified atom stereocenters. The standard InChI is InChI=1S/C18H22N2O2S/c1-11(21)18-20-16(13-5-3-4-6-13)17(23-18)14-7-9-15(10-8-14)19-12(2)22/h7-11,13,21H,3-6H2,1-2H3,(H,19,22)/t11-/m0/s1. The molecule has 0 bridgehead atoms. The Morgan fingerprint density at radius 1 is 1.30 bits per heavy atom. The molecule has 0 radical (unpaired) electrons. The molecule has 1 aromatic heterocycles. The molecule has 0 saturated heterocycles. The highest BCUT2D eigenvalue weighted by atomic mass is 32.1. The van der Waals surface area contributed by atoms with Gasteiger partial charge in [0.1, 0.15) is 11.1 Å². The number of rotatable bonds is 4. The van der Waals surface area contributed by atoms with Gasteiger partial charge in [-0.15, -0.1) is 11.3 Å². The Bertz CT molecular complexity index is 686. The number of carbonyl (C=O) groups excluding carboxylic acids is 1. The zero-order valence-corrected chi connectivity index (χ0v) is 14.3. The van der Waals surface area contributed by atoms with E-state index in [0.29, 0.717) is 5.92 Å². The van der Waals surface area contributed by atoms with Gasteiger partial charge >= 0.3 is 0 Å². The maximum atomic E-state index is 11.1. The zero-order chi connectivity index (χ0) is 16.4. The van der Waals surface area contributed by atoms with Crippen molar-refractivity contribution in [3.63, 3.8) is 0 Å².